The lowest BCUT2D eigenvalue weighted by molar-refractivity contribution is 0.131. The van der Waals surface area contributed by atoms with Crippen molar-refractivity contribution in [3.63, 3.8) is 0 Å². The second-order valence-corrected chi connectivity index (χ2v) is 2.41. The first-order valence-electron chi connectivity index (χ1n) is 3.23. The van der Waals surface area contributed by atoms with Crippen molar-refractivity contribution in [3.8, 4) is 6.07 Å². The molecule has 0 aromatic heterocycles. The first-order valence-corrected chi connectivity index (χ1v) is 3.23. The number of nitrogens with zero attached hydrogens (tertiary/aromatic N) is 1. The molecule has 0 fully saturated rings. The van der Waals surface area contributed by atoms with Crippen LogP contribution in [0.25, 0.3) is 0 Å². The van der Waals surface area contributed by atoms with Crippen molar-refractivity contribution >= 4 is 0 Å². The molecule has 0 aliphatic carbocycles. The molecule has 52 valence electrons. The minimum Gasteiger partial charge on any atom is -0.393 e. The molecule has 2 nitrogen and oxygen atoms in total. The summed E-state index contributed by atoms with van der Waals surface area (Å²) in [5.74, 6) is 0.254. The van der Waals surface area contributed by atoms with Gasteiger partial charge in [-0.1, -0.05) is 6.92 Å². The maximum Gasteiger partial charge on any atom is 0.0621 e. The number of aliphatic hydroxyl groups excluding tert-OH is 1. The van der Waals surface area contributed by atoms with Crippen LogP contribution in [0.1, 0.15) is 26.7 Å². The smallest absolute Gasteiger partial charge is 0.0621 e. The third-order valence-electron chi connectivity index (χ3n) is 1.53. The molecule has 0 bridgehead atoms. The molecule has 0 amide bonds. The molecule has 0 saturated heterocycles. The Balaban J connectivity index is 3.29. The molecule has 2 unspecified atom stereocenters. The monoisotopic (exact) mass is 127 g/mol. The molecule has 9 heavy (non-hydrogen) atoms. The lowest BCUT2D eigenvalue weighted by atomic mass is 10.0. The van der Waals surface area contributed by atoms with Crippen LogP contribution in [0.3, 0.4) is 0 Å². The van der Waals surface area contributed by atoms with Gasteiger partial charge < -0.3 is 5.11 Å². The summed E-state index contributed by atoms with van der Waals surface area (Å²) in [4.78, 5) is 0. The summed E-state index contributed by atoms with van der Waals surface area (Å²) >= 11 is 0. The quantitative estimate of drug-likeness (QED) is 0.621. The summed E-state index contributed by atoms with van der Waals surface area (Å²) in [7, 11) is 0. The number of rotatable bonds is 3. The zero-order valence-electron chi connectivity index (χ0n) is 5.96. The van der Waals surface area contributed by atoms with E-state index in [9.17, 15) is 0 Å². The highest BCUT2D eigenvalue weighted by Gasteiger charge is 2.06. The molecule has 0 heterocycles. The molecule has 0 aromatic rings. The standard InChI is InChI=1S/C7H13NO/c1-6(7(2)9)4-3-5-8/h6-7,9H,3-4H2,1-2H3. The van der Waals surface area contributed by atoms with E-state index >= 15 is 0 Å². The lowest BCUT2D eigenvalue weighted by Gasteiger charge is -2.10. The van der Waals surface area contributed by atoms with Gasteiger partial charge in [-0.15, -0.1) is 0 Å². The average molecular weight is 127 g/mol. The van der Waals surface area contributed by atoms with E-state index in [1.54, 1.807) is 6.92 Å². The van der Waals surface area contributed by atoms with Gasteiger partial charge in [-0.05, 0) is 19.3 Å². The van der Waals surface area contributed by atoms with Gasteiger partial charge in [0.2, 0.25) is 0 Å². The van der Waals surface area contributed by atoms with E-state index < -0.39 is 0 Å². The van der Waals surface area contributed by atoms with Crippen molar-refractivity contribution in [2.45, 2.75) is 32.8 Å². The first-order chi connectivity index (χ1) is 4.18. The van der Waals surface area contributed by atoms with Gasteiger partial charge in [0, 0.05) is 6.42 Å². The maximum atomic E-state index is 8.94. The van der Waals surface area contributed by atoms with Crippen LogP contribution in [0.5, 0.6) is 0 Å². The largest absolute Gasteiger partial charge is 0.393 e. The highest BCUT2D eigenvalue weighted by Crippen LogP contribution is 2.08. The summed E-state index contributed by atoms with van der Waals surface area (Å²) in [5, 5.41) is 17.1. The topological polar surface area (TPSA) is 44.0 Å². The van der Waals surface area contributed by atoms with Gasteiger partial charge in [-0.25, -0.2) is 0 Å². The molecule has 0 spiro atoms. The second kappa shape index (κ2) is 4.34. The lowest BCUT2D eigenvalue weighted by Crippen LogP contribution is -2.12. The predicted octanol–water partition coefficient (Wildman–Crippen LogP) is 1.31. The summed E-state index contributed by atoms with van der Waals surface area (Å²) in [6.45, 7) is 3.70. The molecule has 2 atom stereocenters. The van der Waals surface area contributed by atoms with Gasteiger partial charge in [0.1, 0.15) is 0 Å². The number of nitriles is 1. The Labute approximate surface area is 56.1 Å². The van der Waals surface area contributed by atoms with Gasteiger partial charge in [-0.2, -0.15) is 5.26 Å². The van der Waals surface area contributed by atoms with E-state index in [0.29, 0.717) is 6.42 Å². The van der Waals surface area contributed by atoms with Crippen molar-refractivity contribution in [2.75, 3.05) is 0 Å². The Hall–Kier alpha value is -0.550. The van der Waals surface area contributed by atoms with Crippen LogP contribution < -0.4 is 0 Å². The van der Waals surface area contributed by atoms with E-state index in [4.69, 9.17) is 10.4 Å². The van der Waals surface area contributed by atoms with Crippen LogP contribution in [0.2, 0.25) is 0 Å². The van der Waals surface area contributed by atoms with Gasteiger partial charge in [0.25, 0.3) is 0 Å². The fourth-order valence-corrected chi connectivity index (χ4v) is 0.533. The molecule has 0 saturated carbocycles. The fraction of sp³-hybridized carbons (Fsp3) is 0.857. The van der Waals surface area contributed by atoms with E-state index in [1.807, 2.05) is 13.0 Å². The molecule has 0 aromatic carbocycles. The maximum absolute atomic E-state index is 8.94. The minimum absolute atomic E-state index is 0.254. The first kappa shape index (κ1) is 8.45. The van der Waals surface area contributed by atoms with Crippen LogP contribution in [0.15, 0.2) is 0 Å². The Morgan fingerprint density at radius 1 is 1.56 bits per heavy atom. The van der Waals surface area contributed by atoms with Crippen molar-refractivity contribution in [1.82, 2.24) is 0 Å². The molecule has 0 aliphatic rings. The van der Waals surface area contributed by atoms with Gasteiger partial charge in [0.05, 0.1) is 12.2 Å². The van der Waals surface area contributed by atoms with Crippen molar-refractivity contribution < 1.29 is 5.11 Å². The van der Waals surface area contributed by atoms with Gasteiger partial charge >= 0.3 is 0 Å². The van der Waals surface area contributed by atoms with E-state index in [1.165, 1.54) is 0 Å². The van der Waals surface area contributed by atoms with Crippen LogP contribution >= 0.6 is 0 Å². The Morgan fingerprint density at radius 3 is 2.44 bits per heavy atom. The normalized spacial score (nSPS) is 16.2. The van der Waals surface area contributed by atoms with Gasteiger partial charge in [-0.3, -0.25) is 0 Å². The molecule has 0 radical (unpaired) electrons. The average Bonchev–Trinajstić information content (AvgIpc) is 1.82. The SMILES string of the molecule is CC(O)C(C)CCC#N. The summed E-state index contributed by atoms with van der Waals surface area (Å²) in [6.07, 6.45) is 1.07. The highest BCUT2D eigenvalue weighted by molar-refractivity contribution is 4.72. The summed E-state index contributed by atoms with van der Waals surface area (Å²) in [6, 6.07) is 2.04. The van der Waals surface area contributed by atoms with E-state index in [-0.39, 0.29) is 12.0 Å². The molecular formula is C7H13NO. The van der Waals surface area contributed by atoms with Crippen LogP contribution in [0, 0.1) is 17.2 Å². The van der Waals surface area contributed by atoms with Crippen LogP contribution in [-0.4, -0.2) is 11.2 Å². The zero-order valence-corrected chi connectivity index (χ0v) is 5.96. The van der Waals surface area contributed by atoms with Crippen LogP contribution in [-0.2, 0) is 0 Å². The molecule has 0 aliphatic heterocycles. The number of hydrogen-bond acceptors (Lipinski definition) is 2. The minimum atomic E-state index is -0.279. The van der Waals surface area contributed by atoms with E-state index in [0.717, 1.165) is 6.42 Å². The van der Waals surface area contributed by atoms with Crippen LogP contribution in [0.4, 0.5) is 0 Å². The number of aliphatic hydroxyl groups is 1. The summed E-state index contributed by atoms with van der Waals surface area (Å²) in [5.41, 5.74) is 0. The predicted molar refractivity (Wildman–Crippen MR) is 35.7 cm³/mol. The Kier molecular flexibility index (Phi) is 4.08. The Bertz CT molecular complexity index is 104. The van der Waals surface area contributed by atoms with Crippen molar-refractivity contribution in [2.24, 2.45) is 5.92 Å². The van der Waals surface area contributed by atoms with E-state index in [2.05, 4.69) is 0 Å². The highest BCUT2D eigenvalue weighted by atomic mass is 16.3. The molecular weight excluding hydrogens is 114 g/mol. The molecule has 1 N–H and O–H groups in total. The second-order valence-electron chi connectivity index (χ2n) is 2.41. The number of hydrogen-bond donors (Lipinski definition) is 1. The van der Waals surface area contributed by atoms with Gasteiger partial charge in [0.15, 0.2) is 0 Å². The third kappa shape index (κ3) is 3.99. The zero-order chi connectivity index (χ0) is 7.28. The third-order valence-corrected chi connectivity index (χ3v) is 1.53. The summed E-state index contributed by atoms with van der Waals surface area (Å²) < 4.78 is 0. The molecule has 0 rings (SSSR count). The Morgan fingerprint density at radius 2 is 2.11 bits per heavy atom. The molecule has 2 heteroatoms. The van der Waals surface area contributed by atoms with Crippen molar-refractivity contribution in [3.05, 3.63) is 0 Å². The fourth-order valence-electron chi connectivity index (χ4n) is 0.533. The van der Waals surface area contributed by atoms with Crippen molar-refractivity contribution in [1.29, 1.82) is 5.26 Å².